The van der Waals surface area contributed by atoms with E-state index in [1.54, 1.807) is 18.2 Å². The van der Waals surface area contributed by atoms with Crippen LogP contribution in [0.4, 0.5) is 17.2 Å². The number of aromatic nitrogens is 1. The molecule has 9 heteroatoms. The number of sulfonamides is 1. The van der Waals surface area contributed by atoms with Gasteiger partial charge in [0.15, 0.2) is 0 Å². The zero-order valence-corrected chi connectivity index (χ0v) is 17.3. The first kappa shape index (κ1) is 20.0. The van der Waals surface area contributed by atoms with Crippen molar-refractivity contribution in [2.45, 2.75) is 0 Å². The summed E-state index contributed by atoms with van der Waals surface area (Å²) < 4.78 is 25.4. The third kappa shape index (κ3) is 4.30. The number of hydrogen-bond acceptors (Lipinski definition) is 6. The summed E-state index contributed by atoms with van der Waals surface area (Å²) in [7, 11) is -3.46. The predicted octanol–water partition coefficient (Wildman–Crippen LogP) is 2.63. The van der Waals surface area contributed by atoms with Crippen molar-refractivity contribution in [2.24, 2.45) is 0 Å². The third-order valence-electron chi connectivity index (χ3n) is 5.05. The van der Waals surface area contributed by atoms with Crippen LogP contribution in [0.5, 0.6) is 0 Å². The molecule has 4 rings (SSSR count). The topological polar surface area (TPSA) is 103 Å². The lowest BCUT2D eigenvalue weighted by atomic mass is 10.1. The van der Waals surface area contributed by atoms with Crippen LogP contribution in [-0.2, 0) is 10.0 Å². The number of para-hydroxylation sites is 1. The van der Waals surface area contributed by atoms with Gasteiger partial charge in [0.2, 0.25) is 10.0 Å². The smallest absolute Gasteiger partial charge is 0.336 e. The highest BCUT2D eigenvalue weighted by molar-refractivity contribution is 7.92. The molecule has 1 aliphatic rings. The Morgan fingerprint density at radius 3 is 2.30 bits per heavy atom. The summed E-state index contributed by atoms with van der Waals surface area (Å²) >= 11 is 0. The molecule has 0 radical (unpaired) electrons. The molecule has 0 atom stereocenters. The Kier molecular flexibility index (Phi) is 5.21. The minimum absolute atomic E-state index is 0.0950. The van der Waals surface area contributed by atoms with Crippen LogP contribution in [-0.4, -0.2) is 56.9 Å². The summed E-state index contributed by atoms with van der Waals surface area (Å²) in [5.41, 5.74) is 2.08. The summed E-state index contributed by atoms with van der Waals surface area (Å²) in [6, 6.07) is 16.5. The lowest BCUT2D eigenvalue weighted by Gasteiger charge is -2.37. The molecular weight excluding hydrogens is 404 g/mol. The highest BCUT2D eigenvalue weighted by Crippen LogP contribution is 2.27. The van der Waals surface area contributed by atoms with Crippen LogP contribution in [0.1, 0.15) is 10.4 Å². The standard InChI is InChI=1S/C21H22N4O4S/c1-30(28,29)23-15-7-8-19-17(13-15)18(21(26)27)14-20(22-19)25-11-9-24(10-12-25)16-5-3-2-4-6-16/h2-8,13-14,23H,9-12H2,1H3,(H,26,27). The van der Waals surface area contributed by atoms with Gasteiger partial charge in [-0.05, 0) is 36.4 Å². The number of carboxylic acids is 1. The predicted molar refractivity (Wildman–Crippen MR) is 118 cm³/mol. The van der Waals surface area contributed by atoms with Gasteiger partial charge < -0.3 is 14.9 Å². The van der Waals surface area contributed by atoms with Crippen LogP contribution in [0.15, 0.2) is 54.6 Å². The maximum absolute atomic E-state index is 11.9. The normalized spacial score (nSPS) is 14.7. The number of nitrogens with one attached hydrogen (secondary N) is 1. The number of piperazine rings is 1. The van der Waals surface area contributed by atoms with Crippen LogP contribution in [0.3, 0.4) is 0 Å². The van der Waals surface area contributed by atoms with Crippen LogP contribution in [0, 0.1) is 0 Å². The molecule has 0 aliphatic carbocycles. The average molecular weight is 426 g/mol. The molecule has 0 unspecified atom stereocenters. The van der Waals surface area contributed by atoms with Gasteiger partial charge in [0.1, 0.15) is 5.82 Å². The van der Waals surface area contributed by atoms with Gasteiger partial charge >= 0.3 is 5.97 Å². The van der Waals surface area contributed by atoms with Crippen molar-refractivity contribution < 1.29 is 18.3 Å². The zero-order valence-electron chi connectivity index (χ0n) is 16.4. The number of benzene rings is 2. The second-order valence-electron chi connectivity index (χ2n) is 7.25. The molecule has 0 amide bonds. The molecule has 1 saturated heterocycles. The molecule has 0 bridgehead atoms. The van der Waals surface area contributed by atoms with Gasteiger partial charge in [-0.3, -0.25) is 4.72 Å². The number of rotatable bonds is 5. The van der Waals surface area contributed by atoms with Crippen molar-refractivity contribution in [1.29, 1.82) is 0 Å². The highest BCUT2D eigenvalue weighted by Gasteiger charge is 2.21. The zero-order chi connectivity index (χ0) is 21.3. The van der Waals surface area contributed by atoms with Crippen molar-refractivity contribution in [3.05, 3.63) is 60.2 Å². The first-order valence-electron chi connectivity index (χ1n) is 9.51. The monoisotopic (exact) mass is 426 g/mol. The minimum Gasteiger partial charge on any atom is -0.478 e. The summed E-state index contributed by atoms with van der Waals surface area (Å²) in [5, 5.41) is 10.1. The van der Waals surface area contributed by atoms with Crippen molar-refractivity contribution in [3.8, 4) is 0 Å². The van der Waals surface area contributed by atoms with Crippen molar-refractivity contribution in [1.82, 2.24) is 4.98 Å². The number of anilines is 3. The number of pyridine rings is 1. The van der Waals surface area contributed by atoms with E-state index in [1.807, 2.05) is 18.2 Å². The summed E-state index contributed by atoms with van der Waals surface area (Å²) in [5.74, 6) is -0.473. The Hall–Kier alpha value is -3.33. The second kappa shape index (κ2) is 7.83. The number of nitrogens with zero attached hydrogens (tertiary/aromatic N) is 3. The molecule has 0 spiro atoms. The first-order chi connectivity index (χ1) is 14.3. The fraction of sp³-hybridized carbons (Fsp3) is 0.238. The Morgan fingerprint density at radius 2 is 1.67 bits per heavy atom. The van der Waals surface area contributed by atoms with Crippen LogP contribution >= 0.6 is 0 Å². The second-order valence-corrected chi connectivity index (χ2v) is 9.00. The number of carboxylic acid groups (broad SMARTS) is 1. The Morgan fingerprint density at radius 1 is 1.00 bits per heavy atom. The molecule has 1 aromatic heterocycles. The van der Waals surface area contributed by atoms with Crippen molar-refractivity contribution in [3.63, 3.8) is 0 Å². The van der Waals surface area contributed by atoms with Gasteiger partial charge in [-0.2, -0.15) is 0 Å². The molecular formula is C21H22N4O4S. The van der Waals surface area contributed by atoms with E-state index in [2.05, 4.69) is 31.6 Å². The number of carbonyl (C=O) groups is 1. The Labute approximate surface area is 174 Å². The van der Waals surface area contributed by atoms with Crippen molar-refractivity contribution >= 4 is 44.1 Å². The molecule has 1 fully saturated rings. The molecule has 1 aliphatic heterocycles. The highest BCUT2D eigenvalue weighted by atomic mass is 32.2. The molecule has 2 heterocycles. The fourth-order valence-corrected chi connectivity index (χ4v) is 4.22. The van der Waals surface area contributed by atoms with Gasteiger partial charge in [-0.1, -0.05) is 18.2 Å². The van der Waals surface area contributed by atoms with Gasteiger partial charge in [-0.25, -0.2) is 18.2 Å². The molecule has 30 heavy (non-hydrogen) atoms. The van der Waals surface area contributed by atoms with Crippen LogP contribution < -0.4 is 14.5 Å². The fourth-order valence-electron chi connectivity index (χ4n) is 3.66. The molecule has 2 aromatic carbocycles. The van der Waals surface area contributed by atoms with Gasteiger partial charge in [0.25, 0.3) is 0 Å². The third-order valence-corrected chi connectivity index (χ3v) is 5.66. The van der Waals surface area contributed by atoms with E-state index in [1.165, 1.54) is 11.8 Å². The SMILES string of the molecule is CS(=O)(=O)Nc1ccc2nc(N3CCN(c4ccccc4)CC3)cc(C(=O)O)c2c1. The summed E-state index contributed by atoms with van der Waals surface area (Å²) in [6.45, 7) is 3.06. The number of fused-ring (bicyclic) bond motifs is 1. The lowest BCUT2D eigenvalue weighted by Crippen LogP contribution is -2.46. The molecule has 8 nitrogen and oxygen atoms in total. The van der Waals surface area contributed by atoms with E-state index < -0.39 is 16.0 Å². The van der Waals surface area contributed by atoms with E-state index in [9.17, 15) is 18.3 Å². The molecule has 156 valence electrons. The number of hydrogen-bond donors (Lipinski definition) is 2. The first-order valence-corrected chi connectivity index (χ1v) is 11.4. The average Bonchev–Trinajstić information content (AvgIpc) is 2.72. The van der Waals surface area contributed by atoms with E-state index >= 15 is 0 Å². The van der Waals surface area contributed by atoms with Gasteiger partial charge in [0.05, 0.1) is 17.3 Å². The summed E-state index contributed by atoms with van der Waals surface area (Å²) in [6.07, 6.45) is 1.05. The van der Waals surface area contributed by atoms with E-state index in [0.717, 1.165) is 32.4 Å². The Bertz CT molecular complexity index is 1190. The van der Waals surface area contributed by atoms with E-state index in [0.29, 0.717) is 22.4 Å². The van der Waals surface area contributed by atoms with Crippen molar-refractivity contribution in [2.75, 3.05) is 47.0 Å². The lowest BCUT2D eigenvalue weighted by molar-refractivity contribution is 0.0699. The van der Waals surface area contributed by atoms with Crippen LogP contribution in [0.2, 0.25) is 0 Å². The van der Waals surface area contributed by atoms with Gasteiger partial charge in [0, 0.05) is 42.9 Å². The maximum Gasteiger partial charge on any atom is 0.336 e. The Balaban J connectivity index is 1.62. The largest absolute Gasteiger partial charge is 0.478 e. The van der Waals surface area contributed by atoms with Crippen LogP contribution in [0.25, 0.3) is 10.9 Å². The molecule has 2 N–H and O–H groups in total. The van der Waals surface area contributed by atoms with E-state index in [4.69, 9.17) is 0 Å². The maximum atomic E-state index is 11.9. The molecule has 3 aromatic rings. The quantitative estimate of drug-likeness (QED) is 0.646. The number of aromatic carboxylic acids is 1. The van der Waals surface area contributed by atoms with Gasteiger partial charge in [-0.15, -0.1) is 0 Å². The molecule has 0 saturated carbocycles. The minimum atomic E-state index is -3.46. The summed E-state index contributed by atoms with van der Waals surface area (Å²) in [4.78, 5) is 20.9. The van der Waals surface area contributed by atoms with E-state index in [-0.39, 0.29) is 5.56 Å².